The average molecular weight is 967 g/mol. The third kappa shape index (κ3) is 5.64. The van der Waals surface area contributed by atoms with E-state index in [0.717, 1.165) is 11.4 Å². The van der Waals surface area contributed by atoms with E-state index in [1.807, 2.05) is 11.3 Å². The van der Waals surface area contributed by atoms with Crippen LogP contribution in [-0.2, 0) is 10.8 Å². The number of benzene rings is 10. The summed E-state index contributed by atoms with van der Waals surface area (Å²) in [5.41, 5.74) is 19.9. The van der Waals surface area contributed by atoms with Crippen LogP contribution in [0.5, 0.6) is 0 Å². The van der Waals surface area contributed by atoms with Crippen LogP contribution in [0.15, 0.2) is 200 Å². The molecular formula is C68H51BN4S. The predicted octanol–water partition coefficient (Wildman–Crippen LogP) is 16.6. The third-order valence-electron chi connectivity index (χ3n) is 16.7. The molecular weight excluding hydrogens is 916 g/mol. The van der Waals surface area contributed by atoms with E-state index in [9.17, 15) is 0 Å². The lowest BCUT2D eigenvalue weighted by molar-refractivity contribution is 0.590. The van der Waals surface area contributed by atoms with E-state index in [1.165, 1.54) is 136 Å². The van der Waals surface area contributed by atoms with Crippen LogP contribution in [0, 0.1) is 0 Å². The van der Waals surface area contributed by atoms with E-state index in [1.54, 1.807) is 0 Å². The van der Waals surface area contributed by atoms with Crippen LogP contribution in [0.3, 0.4) is 0 Å². The molecule has 16 rings (SSSR count). The molecule has 0 radical (unpaired) electrons. The zero-order chi connectivity index (χ0) is 49.5. The molecule has 2 aliphatic heterocycles. The number of hydrogen-bond donors (Lipinski definition) is 0. The lowest BCUT2D eigenvalue weighted by atomic mass is 9.36. The van der Waals surface area contributed by atoms with Crippen LogP contribution in [-0.4, -0.2) is 20.4 Å². The molecule has 0 fully saturated rings. The Morgan fingerprint density at radius 2 is 1.04 bits per heavy atom. The largest absolute Gasteiger partial charge is 0.310 e. The van der Waals surface area contributed by atoms with Gasteiger partial charge in [-0.25, -0.2) is 0 Å². The summed E-state index contributed by atoms with van der Waals surface area (Å²) in [7, 11) is 0. The van der Waals surface area contributed by atoms with Crippen molar-refractivity contribution in [3.63, 3.8) is 0 Å². The topological polar surface area (TPSA) is 18.0 Å². The number of para-hydroxylation sites is 4. The summed E-state index contributed by atoms with van der Waals surface area (Å²) in [6, 6.07) is 76.3. The monoisotopic (exact) mass is 966 g/mol. The number of fused-ring (bicyclic) bond motifs is 17. The minimum absolute atomic E-state index is 0.00928. The molecule has 4 nitrogen and oxygen atoms in total. The van der Waals surface area contributed by atoms with Crippen molar-refractivity contribution >= 4 is 137 Å². The van der Waals surface area contributed by atoms with Crippen LogP contribution in [0.2, 0.25) is 0 Å². The van der Waals surface area contributed by atoms with Gasteiger partial charge in [0.25, 0.3) is 6.71 Å². The van der Waals surface area contributed by atoms with Gasteiger partial charge in [-0.05, 0) is 123 Å². The van der Waals surface area contributed by atoms with Gasteiger partial charge in [0, 0.05) is 75.4 Å². The van der Waals surface area contributed by atoms with Crippen LogP contribution in [0.1, 0.15) is 52.7 Å². The number of nitrogens with zero attached hydrogens (tertiary/aromatic N) is 4. The second-order valence-electron chi connectivity index (χ2n) is 22.9. The van der Waals surface area contributed by atoms with Crippen molar-refractivity contribution in [3.05, 3.63) is 211 Å². The Bertz CT molecular complexity index is 4740. The molecule has 0 aliphatic carbocycles. The number of thiophene rings is 1. The van der Waals surface area contributed by atoms with Gasteiger partial charge in [0.2, 0.25) is 0 Å². The first kappa shape index (κ1) is 42.2. The first-order valence-electron chi connectivity index (χ1n) is 26.1. The maximum Gasteiger partial charge on any atom is 0.264 e. The van der Waals surface area contributed by atoms with Crippen molar-refractivity contribution in [2.75, 3.05) is 4.90 Å². The van der Waals surface area contributed by atoms with E-state index < -0.39 is 0 Å². The first-order chi connectivity index (χ1) is 36.0. The van der Waals surface area contributed by atoms with Gasteiger partial charge < -0.3 is 18.6 Å². The Morgan fingerprint density at radius 3 is 1.80 bits per heavy atom. The molecule has 0 unspecified atom stereocenters. The second-order valence-corrected chi connectivity index (χ2v) is 24.0. The fraction of sp³-hybridized carbons (Fsp3) is 0.118. The zero-order valence-electron chi connectivity index (χ0n) is 42.3. The summed E-state index contributed by atoms with van der Waals surface area (Å²) in [5.74, 6) is 0. The van der Waals surface area contributed by atoms with Crippen molar-refractivity contribution in [1.82, 2.24) is 13.7 Å². The summed E-state index contributed by atoms with van der Waals surface area (Å²) in [6.07, 6.45) is 0. The lowest BCUT2D eigenvalue weighted by Gasteiger charge is -2.39. The molecule has 2 aliphatic rings. The lowest BCUT2D eigenvalue weighted by Crippen LogP contribution is -2.59. The Labute approximate surface area is 434 Å². The molecule has 0 saturated heterocycles. The molecule has 0 saturated carbocycles. The van der Waals surface area contributed by atoms with Crippen molar-refractivity contribution in [1.29, 1.82) is 0 Å². The summed E-state index contributed by atoms with van der Waals surface area (Å²) >= 11 is 1.98. The van der Waals surface area contributed by atoms with Crippen molar-refractivity contribution in [2.45, 2.75) is 52.4 Å². The number of rotatable bonds is 3. The zero-order valence-corrected chi connectivity index (χ0v) is 43.1. The normalized spacial score (nSPS) is 13.5. The Balaban J connectivity index is 1.10. The van der Waals surface area contributed by atoms with E-state index in [0.29, 0.717) is 0 Å². The highest BCUT2D eigenvalue weighted by Gasteiger charge is 2.45. The minimum atomic E-state index is -0.0270. The van der Waals surface area contributed by atoms with E-state index in [4.69, 9.17) is 0 Å². The molecule has 10 aromatic carbocycles. The van der Waals surface area contributed by atoms with Gasteiger partial charge in [-0.2, -0.15) is 0 Å². The molecule has 0 spiro atoms. The number of anilines is 3. The molecule has 0 amide bonds. The van der Waals surface area contributed by atoms with E-state index >= 15 is 0 Å². The van der Waals surface area contributed by atoms with Crippen molar-refractivity contribution in [3.8, 4) is 17.1 Å². The standard InChI is InChI=1S/C68H51BN4S/c1-67(2,3)42-27-30-45(31-28-42)72-58-38-46(70-54-25-14-13-22-48(54)51-35-40-17-10-11-18-41(40)36-57(51)70)39-59-62(58)69(66-65(72)52-37-43(68(4,5)6)29-34-60(52)74-66)53-24-16-23-50-61-56(73(59)63(50)53)33-32-49-47-21-12-15-26-55(47)71(64(49)61)44-19-8-7-9-20-44/h7-39H,1-6H3. The molecule has 4 aromatic heterocycles. The maximum absolute atomic E-state index is 2.66. The molecule has 0 atom stereocenters. The summed E-state index contributed by atoms with van der Waals surface area (Å²) < 4.78 is 10.4. The predicted molar refractivity (Wildman–Crippen MR) is 319 cm³/mol. The van der Waals surface area contributed by atoms with Gasteiger partial charge in [0.15, 0.2) is 0 Å². The molecule has 0 bridgehead atoms. The van der Waals surface area contributed by atoms with Crippen molar-refractivity contribution < 1.29 is 0 Å². The van der Waals surface area contributed by atoms with Crippen LogP contribution in [0.25, 0.3) is 103 Å². The Kier molecular flexibility index (Phi) is 8.37. The Hall–Kier alpha value is -8.32. The fourth-order valence-corrected chi connectivity index (χ4v) is 14.5. The molecule has 0 N–H and O–H groups in total. The minimum Gasteiger partial charge on any atom is -0.310 e. The summed E-state index contributed by atoms with van der Waals surface area (Å²) in [5, 5.41) is 11.4. The first-order valence-corrected chi connectivity index (χ1v) is 26.9. The quantitative estimate of drug-likeness (QED) is 0.161. The third-order valence-corrected chi connectivity index (χ3v) is 17.9. The highest BCUT2D eigenvalue weighted by Crippen LogP contribution is 2.50. The smallest absolute Gasteiger partial charge is 0.264 e. The summed E-state index contributed by atoms with van der Waals surface area (Å²) in [4.78, 5) is 2.65. The molecule has 352 valence electrons. The average Bonchev–Trinajstić information content (AvgIpc) is 4.16. The highest BCUT2D eigenvalue weighted by molar-refractivity contribution is 7.33. The van der Waals surface area contributed by atoms with Gasteiger partial charge in [0.1, 0.15) is 0 Å². The Morgan fingerprint density at radius 1 is 0.392 bits per heavy atom. The molecule has 74 heavy (non-hydrogen) atoms. The number of aromatic nitrogens is 3. The van der Waals surface area contributed by atoms with Crippen LogP contribution >= 0.6 is 11.3 Å². The van der Waals surface area contributed by atoms with Gasteiger partial charge in [-0.1, -0.05) is 163 Å². The maximum atomic E-state index is 2.66. The summed E-state index contributed by atoms with van der Waals surface area (Å²) in [6.45, 7) is 14.0. The highest BCUT2D eigenvalue weighted by atomic mass is 32.1. The van der Waals surface area contributed by atoms with E-state index in [2.05, 4.69) is 260 Å². The van der Waals surface area contributed by atoms with Gasteiger partial charge >= 0.3 is 0 Å². The SMILES string of the molecule is CC(C)(C)c1ccc(N2c3cc(-n4c5ccccc5c5cc6ccccc6cc54)cc4c3B(c3sc5ccc(C(C)(C)C)cc5c32)c2cccc3c5c(ccc6c7ccccc7n(-c7ccccc7)c65)n-4c23)cc1. The molecule has 6 heterocycles. The van der Waals surface area contributed by atoms with E-state index in [-0.39, 0.29) is 17.5 Å². The molecule has 6 heteroatoms. The number of hydrogen-bond acceptors (Lipinski definition) is 2. The van der Waals surface area contributed by atoms with Gasteiger partial charge in [0.05, 0.1) is 39.0 Å². The van der Waals surface area contributed by atoms with Crippen LogP contribution < -0.4 is 20.6 Å². The van der Waals surface area contributed by atoms with Gasteiger partial charge in [-0.3, -0.25) is 0 Å². The fourth-order valence-electron chi connectivity index (χ4n) is 13.2. The van der Waals surface area contributed by atoms with Crippen LogP contribution in [0.4, 0.5) is 17.1 Å². The van der Waals surface area contributed by atoms with Crippen molar-refractivity contribution in [2.24, 2.45) is 0 Å². The van der Waals surface area contributed by atoms with Gasteiger partial charge in [-0.15, -0.1) is 11.3 Å². The second kappa shape index (κ2) is 14.7. The molecule has 14 aromatic rings.